The van der Waals surface area contributed by atoms with Crippen molar-refractivity contribution in [3.05, 3.63) is 121 Å². The number of carbonyl (C=O) groups excluding carboxylic acids is 1. The molecule has 1 aromatic heterocycles. The molecule has 9 rings (SSSR count). The van der Waals surface area contributed by atoms with Crippen molar-refractivity contribution in [1.29, 1.82) is 0 Å². The molecule has 1 saturated carbocycles. The van der Waals surface area contributed by atoms with E-state index in [2.05, 4.69) is 28.1 Å². The molecule has 1 unspecified atom stereocenters. The number of aryl methyl sites for hydroxylation is 1. The molecule has 0 radical (unpaired) electrons. The molecule has 1 fully saturated rings. The lowest BCUT2D eigenvalue weighted by Crippen LogP contribution is -2.57. The number of likely N-dealkylation sites (N-methyl/N-ethyl adjacent to an activating group) is 1. The highest BCUT2D eigenvalue weighted by atomic mass is 16.6. The zero-order valence-electron chi connectivity index (χ0n) is 36.7. The highest BCUT2D eigenvalue weighted by Crippen LogP contribution is 2.59. The van der Waals surface area contributed by atoms with Crippen molar-refractivity contribution in [2.75, 3.05) is 19.7 Å². The topological polar surface area (TPSA) is 229 Å². The molecule has 340 valence electrons. The lowest BCUT2D eigenvalue weighted by atomic mass is 9.65. The molecule has 0 spiro atoms. The van der Waals surface area contributed by atoms with Crippen LogP contribution in [0.5, 0.6) is 17.2 Å². The van der Waals surface area contributed by atoms with Crippen molar-refractivity contribution >= 4 is 16.9 Å². The van der Waals surface area contributed by atoms with Crippen LogP contribution < -0.4 is 31.8 Å². The molecular weight excluding hydrogens is 817 g/mol. The number of benzene rings is 2. The lowest BCUT2D eigenvalue weighted by molar-refractivity contribution is -0.167. The van der Waals surface area contributed by atoms with Crippen LogP contribution in [-0.2, 0) is 29.0 Å². The van der Waals surface area contributed by atoms with Crippen molar-refractivity contribution in [3.63, 3.8) is 0 Å². The number of hydrogen-bond donors (Lipinski definition) is 9. The summed E-state index contributed by atoms with van der Waals surface area (Å²) >= 11 is 0. The van der Waals surface area contributed by atoms with Gasteiger partial charge in [0.1, 0.15) is 58.1 Å². The van der Waals surface area contributed by atoms with E-state index in [9.17, 15) is 35.1 Å². The number of ether oxygens (including phenoxy) is 2. The van der Waals surface area contributed by atoms with Gasteiger partial charge in [0.25, 0.3) is 0 Å². The molecule has 2 aromatic carbocycles. The minimum absolute atomic E-state index is 0.0164. The van der Waals surface area contributed by atoms with Gasteiger partial charge in [-0.15, -0.1) is 0 Å². The molecule has 64 heavy (non-hydrogen) atoms. The van der Waals surface area contributed by atoms with Crippen LogP contribution in [0.1, 0.15) is 106 Å². The Morgan fingerprint density at radius 3 is 2.66 bits per heavy atom. The Morgan fingerprint density at radius 1 is 1.16 bits per heavy atom. The smallest absolute Gasteiger partial charge is 0.337 e. The van der Waals surface area contributed by atoms with E-state index in [1.54, 1.807) is 25.1 Å². The molecule has 14 heteroatoms. The second-order valence-corrected chi connectivity index (χ2v) is 18.5. The molecule has 4 aliphatic heterocycles. The fourth-order valence-electron chi connectivity index (χ4n) is 11.7. The molecule has 0 amide bonds. The van der Waals surface area contributed by atoms with Gasteiger partial charge in [-0.2, -0.15) is 0 Å². The molecular formula is C50H60N4O10. The Hall–Kier alpha value is -5.54. The number of esters is 1. The molecule has 5 heterocycles. The van der Waals surface area contributed by atoms with E-state index in [4.69, 9.17) is 19.6 Å². The summed E-state index contributed by atoms with van der Waals surface area (Å²) in [5.41, 5.74) is 8.76. The maximum atomic E-state index is 14.6. The van der Waals surface area contributed by atoms with Crippen molar-refractivity contribution < 1.29 is 44.2 Å². The van der Waals surface area contributed by atoms with Crippen LogP contribution in [0.15, 0.2) is 92.1 Å². The van der Waals surface area contributed by atoms with Gasteiger partial charge in [-0.25, -0.2) is 4.79 Å². The molecule has 3 aromatic rings. The quantitative estimate of drug-likeness (QED) is 0.101. The minimum Gasteiger partial charge on any atom is -0.508 e. The fraction of sp³-hybridized carbons (Fsp3) is 0.480. The summed E-state index contributed by atoms with van der Waals surface area (Å²) in [6.45, 7) is 5.81. The Morgan fingerprint density at radius 2 is 1.95 bits per heavy atom. The van der Waals surface area contributed by atoms with Gasteiger partial charge in [-0.1, -0.05) is 44.1 Å². The normalized spacial score (nSPS) is 28.3. The molecule has 14 nitrogen and oxygen atoms in total. The van der Waals surface area contributed by atoms with E-state index in [0.717, 1.165) is 47.7 Å². The number of aliphatic hydroxyl groups is 3. The monoisotopic (exact) mass is 876 g/mol. The van der Waals surface area contributed by atoms with E-state index in [1.807, 2.05) is 32.2 Å². The summed E-state index contributed by atoms with van der Waals surface area (Å²) in [4.78, 5) is 28.9. The molecule has 10 N–H and O–H groups in total. The maximum Gasteiger partial charge on any atom is 0.337 e. The Labute approximate surface area is 372 Å². The molecule has 4 bridgehead atoms. The number of phenols is 2. The van der Waals surface area contributed by atoms with E-state index < -0.39 is 65.4 Å². The first-order valence-corrected chi connectivity index (χ1v) is 22.8. The van der Waals surface area contributed by atoms with Crippen LogP contribution in [0.25, 0.3) is 11.0 Å². The first kappa shape index (κ1) is 43.7. The number of aromatic hydroxyl groups is 2. The fourth-order valence-corrected chi connectivity index (χ4v) is 11.7. The molecule has 0 saturated heterocycles. The van der Waals surface area contributed by atoms with Crippen molar-refractivity contribution in [2.45, 2.75) is 120 Å². The van der Waals surface area contributed by atoms with Gasteiger partial charge >= 0.3 is 5.97 Å². The summed E-state index contributed by atoms with van der Waals surface area (Å²) in [7, 11) is 0. The number of rotatable bonds is 9. The summed E-state index contributed by atoms with van der Waals surface area (Å²) < 4.78 is 20.6. The number of aliphatic hydroxyl groups excluding tert-OH is 2. The molecule has 2 aliphatic carbocycles. The zero-order valence-corrected chi connectivity index (χ0v) is 36.7. The van der Waals surface area contributed by atoms with Gasteiger partial charge in [0, 0.05) is 54.1 Å². The first-order valence-electron chi connectivity index (χ1n) is 22.8. The Kier molecular flexibility index (Phi) is 11.7. The van der Waals surface area contributed by atoms with Crippen LogP contribution in [0.3, 0.4) is 0 Å². The predicted octanol–water partition coefficient (Wildman–Crippen LogP) is 5.06. The van der Waals surface area contributed by atoms with Crippen molar-refractivity contribution in [1.82, 2.24) is 16.0 Å². The van der Waals surface area contributed by atoms with Crippen LogP contribution in [0, 0.1) is 11.8 Å². The lowest BCUT2D eigenvalue weighted by Gasteiger charge is -2.50. The number of carbonyl (C=O) groups is 1. The number of hydrogen-bond acceptors (Lipinski definition) is 14. The van der Waals surface area contributed by atoms with E-state index >= 15 is 0 Å². The number of allylic oxidation sites excluding steroid dienone is 5. The van der Waals surface area contributed by atoms with Crippen LogP contribution >= 0.6 is 0 Å². The van der Waals surface area contributed by atoms with E-state index in [-0.39, 0.29) is 57.9 Å². The van der Waals surface area contributed by atoms with Gasteiger partial charge in [0.05, 0.1) is 23.9 Å². The average molecular weight is 877 g/mol. The van der Waals surface area contributed by atoms with Crippen LogP contribution in [0.2, 0.25) is 0 Å². The van der Waals surface area contributed by atoms with Gasteiger partial charge in [-0.3, -0.25) is 10.1 Å². The van der Waals surface area contributed by atoms with Crippen molar-refractivity contribution in [2.24, 2.45) is 17.6 Å². The number of nitrogens with one attached hydrogen (secondary N) is 3. The first-order chi connectivity index (χ1) is 30.8. The largest absolute Gasteiger partial charge is 0.508 e. The number of nitrogens with two attached hydrogens (primary N) is 1. The Bertz CT molecular complexity index is 2580. The number of fused-ring (bicyclic) bond motifs is 5. The number of phenolic OH excluding ortho intramolecular Hbond substituents is 2. The summed E-state index contributed by atoms with van der Waals surface area (Å²) in [5, 5.41) is 67.4. The van der Waals surface area contributed by atoms with Gasteiger partial charge in [0.2, 0.25) is 0 Å². The van der Waals surface area contributed by atoms with Crippen molar-refractivity contribution in [3.8, 4) is 17.2 Å². The van der Waals surface area contributed by atoms with Gasteiger partial charge in [-0.05, 0) is 111 Å². The predicted molar refractivity (Wildman–Crippen MR) is 240 cm³/mol. The summed E-state index contributed by atoms with van der Waals surface area (Å²) in [5.74, 6) is -2.67. The molecule has 6 aliphatic rings. The Balaban J connectivity index is 1.35. The second-order valence-electron chi connectivity index (χ2n) is 18.5. The van der Waals surface area contributed by atoms with Crippen LogP contribution in [0.4, 0.5) is 0 Å². The summed E-state index contributed by atoms with van der Waals surface area (Å²) in [6.07, 6.45) is 13.1. The third-order valence-electron chi connectivity index (χ3n) is 14.9. The SMILES string of the molecule is C/C=C(\C(=O)O[C@@H]1Cc2c3c(c4oc(CO)cc(=O)c4c2O)[C@@H]2C4=CCNC(N)=C4[C@@H](CCc4ccc(O)cc4[C@H]2CO)C[C@@H](CC2=CNC(NCC)C=C2)[C@]1(C)O3)C1(O)CCCC1. The van der Waals surface area contributed by atoms with Crippen LogP contribution in [-0.4, -0.2) is 74.7 Å². The highest BCUT2D eigenvalue weighted by Gasteiger charge is 2.55. The van der Waals surface area contributed by atoms with Gasteiger partial charge < -0.3 is 55.8 Å². The third kappa shape index (κ3) is 7.37. The average Bonchev–Trinajstić information content (AvgIpc) is 3.73. The molecule has 7 atom stereocenters. The minimum atomic E-state index is -1.35. The van der Waals surface area contributed by atoms with E-state index in [1.165, 1.54) is 0 Å². The zero-order chi connectivity index (χ0) is 45.1. The standard InChI is InChI=1S/C50H60N4O10/c1-4-36(50(61)15-6-7-16-50)48(60)63-38-22-34-44(59)42-37(58)21-31(24-55)62-46(42)43-41-32-14-17-53-47(51)40(32)28(10-9-27-11-12-30(57)20-33(27)35(41)25-56)19-29(49(38,3)64-45(34)43)18-26-8-13-39(52-5-2)54-23-26/h4,8,11-14,20-21,23,28-29,35,38-39,41,52-57,59,61H,5-7,9-10,15-19,22,24-25,51H2,1-3H3/b36-4+/t28-,29+,35+,38+,39?,41+,49-/m0/s1. The van der Waals surface area contributed by atoms with E-state index in [0.29, 0.717) is 62.0 Å². The highest BCUT2D eigenvalue weighted by molar-refractivity contribution is 5.93. The second kappa shape index (κ2) is 17.1. The van der Waals surface area contributed by atoms with Gasteiger partial charge in [0.15, 0.2) is 5.43 Å². The maximum absolute atomic E-state index is 14.6. The third-order valence-corrected chi connectivity index (χ3v) is 14.9. The number of dihydropyridines is 2. The summed E-state index contributed by atoms with van der Waals surface area (Å²) in [6, 6.07) is 6.36.